The monoisotopic (exact) mass is 581 g/mol. The number of hydrogen-bond acceptors (Lipinski definition) is 6. The van der Waals surface area contributed by atoms with E-state index in [0.717, 1.165) is 36.4 Å². The normalized spacial score (nSPS) is 17.3. The van der Waals surface area contributed by atoms with E-state index < -0.39 is 0 Å². The highest BCUT2D eigenvalue weighted by Gasteiger charge is 2.32. The lowest BCUT2D eigenvalue weighted by atomic mass is 9.90. The van der Waals surface area contributed by atoms with Crippen molar-refractivity contribution >= 4 is 23.2 Å². The molecule has 4 aromatic rings. The minimum Gasteiger partial charge on any atom is -0.349 e. The molecule has 0 radical (unpaired) electrons. The Kier molecular flexibility index (Phi) is 10.5. The molecule has 1 aromatic heterocycles. The van der Waals surface area contributed by atoms with Crippen LogP contribution in [0.2, 0.25) is 0 Å². The van der Waals surface area contributed by atoms with Gasteiger partial charge in [0.15, 0.2) is 0 Å². The summed E-state index contributed by atoms with van der Waals surface area (Å²) in [4.78, 5) is 33.5. The summed E-state index contributed by atoms with van der Waals surface area (Å²) in [6.45, 7) is 2.51. The van der Waals surface area contributed by atoms with Gasteiger partial charge in [0, 0.05) is 42.5 Å². The Morgan fingerprint density at radius 2 is 1.64 bits per heavy atom. The van der Waals surface area contributed by atoms with Gasteiger partial charge in [0.05, 0.1) is 6.04 Å². The molecule has 42 heavy (non-hydrogen) atoms. The first-order valence-electron chi connectivity index (χ1n) is 14.7. The average molecular weight is 582 g/mol. The molecule has 1 aliphatic rings. The fraction of sp³-hybridized carbons (Fsp3) is 0.324. The highest BCUT2D eigenvalue weighted by molar-refractivity contribution is 7.13. The first kappa shape index (κ1) is 29.6. The molecule has 3 aromatic carbocycles. The van der Waals surface area contributed by atoms with Crippen molar-refractivity contribution in [3.63, 3.8) is 0 Å². The van der Waals surface area contributed by atoms with Gasteiger partial charge < -0.3 is 20.9 Å². The number of aromatic nitrogens is 1. The Morgan fingerprint density at radius 1 is 1.00 bits per heavy atom. The molecule has 0 spiro atoms. The van der Waals surface area contributed by atoms with Crippen LogP contribution in [0.4, 0.5) is 0 Å². The van der Waals surface area contributed by atoms with E-state index in [1.54, 1.807) is 5.38 Å². The Bertz CT molecular complexity index is 1370. The quantitative estimate of drug-likeness (QED) is 0.207. The molecule has 3 N–H and O–H groups in total. The predicted molar refractivity (Wildman–Crippen MR) is 170 cm³/mol. The van der Waals surface area contributed by atoms with Crippen molar-refractivity contribution in [3.8, 4) is 10.6 Å². The zero-order chi connectivity index (χ0) is 29.1. The van der Waals surface area contributed by atoms with Crippen molar-refractivity contribution < 1.29 is 9.59 Å². The second-order valence-corrected chi connectivity index (χ2v) is 11.6. The summed E-state index contributed by atoms with van der Waals surface area (Å²) in [5.74, 6) is 0.0143. The van der Waals surface area contributed by atoms with Crippen LogP contribution in [0.1, 0.15) is 46.8 Å². The maximum absolute atomic E-state index is 13.9. The number of rotatable bonds is 12. The zero-order valence-electron chi connectivity index (χ0n) is 24.0. The fourth-order valence-electron chi connectivity index (χ4n) is 5.51. The lowest BCUT2D eigenvalue weighted by Crippen LogP contribution is -2.49. The van der Waals surface area contributed by atoms with Crippen LogP contribution < -0.4 is 16.0 Å². The third-order valence-electron chi connectivity index (χ3n) is 7.79. The van der Waals surface area contributed by atoms with Crippen molar-refractivity contribution in [3.05, 3.63) is 113 Å². The van der Waals surface area contributed by atoms with E-state index in [-0.39, 0.29) is 29.8 Å². The van der Waals surface area contributed by atoms with Gasteiger partial charge in [0.25, 0.3) is 5.91 Å². The van der Waals surface area contributed by atoms with Crippen LogP contribution >= 0.6 is 11.3 Å². The second-order valence-electron chi connectivity index (χ2n) is 10.7. The molecule has 1 aliphatic heterocycles. The number of hydrogen-bond donors (Lipinski definition) is 3. The van der Waals surface area contributed by atoms with Crippen LogP contribution in [-0.2, 0) is 4.79 Å². The van der Waals surface area contributed by atoms with Gasteiger partial charge in [-0.1, -0.05) is 91.0 Å². The van der Waals surface area contributed by atoms with E-state index >= 15 is 0 Å². The first-order valence-corrected chi connectivity index (χ1v) is 15.6. The summed E-state index contributed by atoms with van der Waals surface area (Å²) in [6, 6.07) is 30.4. The molecule has 8 heteroatoms. The second kappa shape index (κ2) is 14.9. The van der Waals surface area contributed by atoms with Crippen molar-refractivity contribution in [2.75, 3.05) is 33.2 Å². The molecule has 0 aliphatic carbocycles. The summed E-state index contributed by atoms with van der Waals surface area (Å²) in [6.07, 6.45) is 2.36. The van der Waals surface area contributed by atoms with Crippen molar-refractivity contribution in [2.24, 2.45) is 0 Å². The molecular weight excluding hydrogens is 542 g/mol. The van der Waals surface area contributed by atoms with E-state index in [1.807, 2.05) is 54.4 Å². The Morgan fingerprint density at radius 3 is 2.29 bits per heavy atom. The smallest absolute Gasteiger partial charge is 0.270 e. The third kappa shape index (κ3) is 7.70. The summed E-state index contributed by atoms with van der Waals surface area (Å²) in [7, 11) is 1.93. The lowest BCUT2D eigenvalue weighted by molar-refractivity contribution is -0.133. The van der Waals surface area contributed by atoms with E-state index in [2.05, 4.69) is 69.5 Å². The molecule has 5 rings (SSSR count). The van der Waals surface area contributed by atoms with E-state index in [4.69, 9.17) is 0 Å². The van der Waals surface area contributed by atoms with Gasteiger partial charge in [-0.25, -0.2) is 4.98 Å². The van der Waals surface area contributed by atoms with Gasteiger partial charge in [-0.2, -0.15) is 0 Å². The number of nitrogens with zero attached hydrogens (tertiary/aromatic N) is 2. The highest BCUT2D eigenvalue weighted by Crippen LogP contribution is 2.27. The van der Waals surface area contributed by atoms with Gasteiger partial charge in [0.2, 0.25) is 5.91 Å². The summed E-state index contributed by atoms with van der Waals surface area (Å²) >= 11 is 1.47. The topological polar surface area (TPSA) is 86.4 Å². The summed E-state index contributed by atoms with van der Waals surface area (Å²) in [5.41, 5.74) is 3.81. The zero-order valence-corrected chi connectivity index (χ0v) is 24.9. The molecule has 2 atom stereocenters. The SMILES string of the molecule is CNCCCC1NC(CNC(=O)c2csc(-c3ccccc3)n2)CCN(CC(c2ccccc2)c2ccccc2)C1=O. The lowest BCUT2D eigenvalue weighted by Gasteiger charge is -2.29. The third-order valence-corrected chi connectivity index (χ3v) is 8.68. The molecule has 7 nitrogen and oxygen atoms in total. The molecule has 2 unspecified atom stereocenters. The van der Waals surface area contributed by atoms with Crippen molar-refractivity contribution in [2.45, 2.75) is 37.3 Å². The van der Waals surface area contributed by atoms with Crippen LogP contribution in [0.5, 0.6) is 0 Å². The number of carbonyl (C=O) groups is 2. The minimum absolute atomic E-state index is 0.0263. The Labute approximate surface area is 252 Å². The van der Waals surface area contributed by atoms with Gasteiger partial charge in [-0.05, 0) is 44.0 Å². The molecular formula is C34H39N5O2S. The van der Waals surface area contributed by atoms with Crippen molar-refractivity contribution in [1.29, 1.82) is 0 Å². The van der Waals surface area contributed by atoms with E-state index in [1.165, 1.54) is 22.5 Å². The van der Waals surface area contributed by atoms with Gasteiger partial charge in [-0.15, -0.1) is 11.3 Å². The molecule has 2 heterocycles. The maximum atomic E-state index is 13.9. The van der Waals surface area contributed by atoms with E-state index in [0.29, 0.717) is 25.3 Å². The standard InChI is InChI=1S/C34H39N5O2S/c1-35-20-11-18-30-34(41)39(23-29(25-12-5-2-6-13-25)26-14-7-3-8-15-26)21-19-28(37-30)22-36-32(40)31-24-42-33(38-31)27-16-9-4-10-17-27/h2-10,12-17,24,28-30,35,37H,11,18-23H2,1H3,(H,36,40). The van der Waals surface area contributed by atoms with Gasteiger partial charge >= 0.3 is 0 Å². The van der Waals surface area contributed by atoms with Crippen molar-refractivity contribution in [1.82, 2.24) is 25.8 Å². The Balaban J connectivity index is 1.28. The molecule has 0 bridgehead atoms. The van der Waals surface area contributed by atoms with E-state index in [9.17, 15) is 9.59 Å². The highest BCUT2D eigenvalue weighted by atomic mass is 32.1. The van der Waals surface area contributed by atoms with Crippen LogP contribution in [0.3, 0.4) is 0 Å². The Hall–Kier alpha value is -3.85. The molecule has 1 fully saturated rings. The van der Waals surface area contributed by atoms with Crippen LogP contribution in [0.15, 0.2) is 96.4 Å². The number of carbonyl (C=O) groups excluding carboxylic acids is 2. The number of nitrogens with one attached hydrogen (secondary N) is 3. The first-order chi connectivity index (χ1) is 20.6. The molecule has 0 saturated carbocycles. The number of thiazole rings is 1. The predicted octanol–water partition coefficient (Wildman–Crippen LogP) is 4.93. The number of amides is 2. The van der Waals surface area contributed by atoms with Gasteiger partial charge in [-0.3, -0.25) is 9.59 Å². The number of benzene rings is 3. The van der Waals surface area contributed by atoms with Gasteiger partial charge in [0.1, 0.15) is 10.7 Å². The van der Waals surface area contributed by atoms with Crippen LogP contribution in [0.25, 0.3) is 10.6 Å². The molecule has 1 saturated heterocycles. The maximum Gasteiger partial charge on any atom is 0.270 e. The summed E-state index contributed by atoms with van der Waals surface area (Å²) in [5, 5.41) is 12.5. The minimum atomic E-state index is -0.307. The largest absolute Gasteiger partial charge is 0.349 e. The van der Waals surface area contributed by atoms with Crippen LogP contribution in [0, 0.1) is 0 Å². The average Bonchev–Trinajstić information content (AvgIpc) is 3.49. The summed E-state index contributed by atoms with van der Waals surface area (Å²) < 4.78 is 0. The van der Waals surface area contributed by atoms with Crippen LogP contribution in [-0.4, -0.2) is 67.0 Å². The molecule has 2 amide bonds. The molecule has 218 valence electrons. The fourth-order valence-corrected chi connectivity index (χ4v) is 6.31.